The van der Waals surface area contributed by atoms with Crippen molar-refractivity contribution in [1.82, 2.24) is 9.97 Å². The van der Waals surface area contributed by atoms with E-state index in [1.54, 1.807) is 37.6 Å². The fourth-order valence-electron chi connectivity index (χ4n) is 3.75. The maximum absolute atomic E-state index is 15.0. The Labute approximate surface area is 172 Å². The second-order valence-electron chi connectivity index (χ2n) is 7.84. The Hall–Kier alpha value is -3.32. The smallest absolute Gasteiger partial charge is 0.175 e. The summed E-state index contributed by atoms with van der Waals surface area (Å²) >= 11 is 0. The minimum Gasteiger partial charge on any atom is -0.495 e. The lowest BCUT2D eigenvalue weighted by Crippen LogP contribution is -2.25. The summed E-state index contributed by atoms with van der Waals surface area (Å²) in [4.78, 5) is 7.56. The van der Waals surface area contributed by atoms with Gasteiger partial charge in [-0.25, -0.2) is 4.39 Å². The maximum Gasteiger partial charge on any atom is 0.175 e. The first kappa shape index (κ1) is 18.7. The minimum atomic E-state index is -0.411. The highest BCUT2D eigenvalue weighted by atomic mass is 19.1. The second-order valence-corrected chi connectivity index (χ2v) is 7.84. The van der Waals surface area contributed by atoms with Gasteiger partial charge in [-0.3, -0.25) is 4.98 Å². The summed E-state index contributed by atoms with van der Waals surface area (Å²) in [6, 6.07) is 10.6. The number of aryl methyl sites for hydroxylation is 1. The molecule has 0 bridgehead atoms. The van der Waals surface area contributed by atoms with Crippen LogP contribution in [-0.4, -0.2) is 34.3 Å². The minimum absolute atomic E-state index is 0.0607. The molecule has 2 aromatic carbocycles. The van der Waals surface area contributed by atoms with Gasteiger partial charge in [0.2, 0.25) is 0 Å². The van der Waals surface area contributed by atoms with Crippen LogP contribution in [0.2, 0.25) is 0 Å². The maximum atomic E-state index is 15.0. The first-order chi connectivity index (χ1) is 14.5. The lowest BCUT2D eigenvalue weighted by atomic mass is 10.1. The Morgan fingerprint density at radius 2 is 1.97 bits per heavy atom. The van der Waals surface area contributed by atoms with E-state index in [2.05, 4.69) is 15.3 Å². The first-order valence-electron chi connectivity index (χ1n) is 9.83. The van der Waals surface area contributed by atoms with Crippen molar-refractivity contribution < 1.29 is 19.0 Å². The summed E-state index contributed by atoms with van der Waals surface area (Å²) in [7, 11) is 1.59. The average Bonchev–Trinajstić information content (AvgIpc) is 3.41. The van der Waals surface area contributed by atoms with Gasteiger partial charge in [0, 0.05) is 28.2 Å². The summed E-state index contributed by atoms with van der Waals surface area (Å²) in [6.45, 7) is 1.95. The summed E-state index contributed by atoms with van der Waals surface area (Å²) in [5, 5.41) is 14.2. The monoisotopic (exact) mass is 407 g/mol. The molecule has 154 valence electrons. The number of ether oxygens (including phenoxy) is 2. The molecule has 7 heteroatoms. The number of aliphatic hydroxyl groups is 1. The number of aromatic amines is 1. The van der Waals surface area contributed by atoms with Gasteiger partial charge in [0.1, 0.15) is 11.5 Å². The van der Waals surface area contributed by atoms with Gasteiger partial charge in [-0.2, -0.15) is 0 Å². The third-order valence-electron chi connectivity index (χ3n) is 5.64. The Kier molecular flexibility index (Phi) is 4.29. The van der Waals surface area contributed by atoms with Crippen molar-refractivity contribution in [2.75, 3.05) is 19.0 Å². The third-order valence-corrected chi connectivity index (χ3v) is 5.64. The van der Waals surface area contributed by atoms with Crippen molar-refractivity contribution in [2.24, 2.45) is 0 Å². The fraction of sp³-hybridized carbons (Fsp3) is 0.261. The van der Waals surface area contributed by atoms with Gasteiger partial charge in [-0.1, -0.05) is 0 Å². The van der Waals surface area contributed by atoms with Crippen LogP contribution in [0.15, 0.2) is 42.6 Å². The van der Waals surface area contributed by atoms with Gasteiger partial charge in [-0.15, -0.1) is 0 Å². The van der Waals surface area contributed by atoms with Crippen LogP contribution in [0.5, 0.6) is 17.2 Å². The van der Waals surface area contributed by atoms with Crippen molar-refractivity contribution in [1.29, 1.82) is 0 Å². The van der Waals surface area contributed by atoms with Crippen molar-refractivity contribution >= 4 is 27.5 Å². The van der Waals surface area contributed by atoms with Crippen LogP contribution < -0.4 is 14.8 Å². The van der Waals surface area contributed by atoms with Crippen LogP contribution in [0, 0.1) is 12.7 Å². The zero-order valence-corrected chi connectivity index (χ0v) is 16.8. The molecule has 1 fully saturated rings. The number of rotatable bonds is 6. The lowest BCUT2D eigenvalue weighted by Gasteiger charge is -2.19. The number of anilines is 1. The number of aromatic nitrogens is 2. The quantitative estimate of drug-likeness (QED) is 0.424. The summed E-state index contributed by atoms with van der Waals surface area (Å²) in [5.41, 5.74) is 2.77. The van der Waals surface area contributed by atoms with E-state index in [-0.39, 0.29) is 17.9 Å². The molecule has 1 saturated carbocycles. The highest BCUT2D eigenvalue weighted by molar-refractivity contribution is 5.91. The van der Waals surface area contributed by atoms with Gasteiger partial charge in [-0.05, 0) is 56.2 Å². The molecule has 2 heterocycles. The molecule has 0 saturated heterocycles. The molecule has 0 spiro atoms. The fourth-order valence-corrected chi connectivity index (χ4v) is 3.75. The molecule has 0 aliphatic heterocycles. The Balaban J connectivity index is 1.56. The molecule has 1 aliphatic rings. The molecule has 4 aromatic rings. The SMILES string of the molecule is COc1cc2c(Oc3ccc4[nH]c(C)cc4c3F)ccnc2cc1NC1(CO)CC1. The van der Waals surface area contributed by atoms with Gasteiger partial charge in [0.05, 0.1) is 30.5 Å². The van der Waals surface area contributed by atoms with E-state index >= 15 is 0 Å². The Bertz CT molecular complexity index is 1260. The van der Waals surface area contributed by atoms with Crippen LogP contribution in [0.25, 0.3) is 21.8 Å². The zero-order valence-electron chi connectivity index (χ0n) is 16.8. The molecule has 0 atom stereocenters. The molecule has 5 rings (SSSR count). The van der Waals surface area contributed by atoms with E-state index in [9.17, 15) is 9.50 Å². The molecule has 3 N–H and O–H groups in total. The van der Waals surface area contributed by atoms with Gasteiger partial charge < -0.3 is 24.9 Å². The molecule has 2 aromatic heterocycles. The van der Waals surface area contributed by atoms with Crippen molar-refractivity contribution in [3.63, 3.8) is 0 Å². The number of fused-ring (bicyclic) bond motifs is 2. The molecule has 6 nitrogen and oxygen atoms in total. The zero-order chi connectivity index (χ0) is 20.9. The van der Waals surface area contributed by atoms with E-state index in [1.807, 2.05) is 19.1 Å². The lowest BCUT2D eigenvalue weighted by molar-refractivity contribution is 0.266. The highest BCUT2D eigenvalue weighted by Crippen LogP contribution is 2.43. The number of hydrogen-bond acceptors (Lipinski definition) is 5. The van der Waals surface area contributed by atoms with Crippen LogP contribution >= 0.6 is 0 Å². The van der Waals surface area contributed by atoms with E-state index in [0.29, 0.717) is 27.8 Å². The number of benzene rings is 2. The molecule has 0 unspecified atom stereocenters. The van der Waals surface area contributed by atoms with Crippen molar-refractivity contribution in [3.05, 3.63) is 54.1 Å². The largest absolute Gasteiger partial charge is 0.495 e. The second kappa shape index (κ2) is 6.88. The number of halogens is 1. The number of nitrogens with zero attached hydrogens (tertiary/aromatic N) is 1. The standard InChI is InChI=1S/C23H22FN3O3/c1-13-9-15-16(26-13)3-4-20(22(15)24)30-19-5-8-25-17-11-18(21(29-2)10-14(17)19)27-23(12-28)6-7-23/h3-5,8-11,26-28H,6-7,12H2,1-2H3. The highest BCUT2D eigenvalue weighted by Gasteiger charge is 2.42. The van der Waals surface area contributed by atoms with E-state index < -0.39 is 5.82 Å². The molecule has 0 radical (unpaired) electrons. The Morgan fingerprint density at radius 3 is 2.70 bits per heavy atom. The van der Waals surface area contributed by atoms with Crippen LogP contribution in [-0.2, 0) is 0 Å². The van der Waals surface area contributed by atoms with E-state index in [4.69, 9.17) is 9.47 Å². The molecule has 30 heavy (non-hydrogen) atoms. The summed E-state index contributed by atoms with van der Waals surface area (Å²) in [6.07, 6.45) is 3.44. The first-order valence-corrected chi connectivity index (χ1v) is 9.83. The van der Waals surface area contributed by atoms with Crippen LogP contribution in [0.4, 0.5) is 10.1 Å². The van der Waals surface area contributed by atoms with Gasteiger partial charge in [0.15, 0.2) is 11.6 Å². The number of pyridine rings is 1. The molecular weight excluding hydrogens is 385 g/mol. The number of hydrogen-bond donors (Lipinski definition) is 3. The van der Waals surface area contributed by atoms with Gasteiger partial charge >= 0.3 is 0 Å². The topological polar surface area (TPSA) is 79.4 Å². The van der Waals surface area contributed by atoms with Crippen molar-refractivity contribution in [3.8, 4) is 17.2 Å². The average molecular weight is 407 g/mol. The molecule has 0 amide bonds. The summed E-state index contributed by atoms with van der Waals surface area (Å²) < 4.78 is 26.5. The Morgan fingerprint density at radius 1 is 1.13 bits per heavy atom. The van der Waals surface area contributed by atoms with E-state index in [1.165, 1.54) is 0 Å². The number of methoxy groups -OCH3 is 1. The van der Waals surface area contributed by atoms with E-state index in [0.717, 1.165) is 29.7 Å². The number of nitrogens with one attached hydrogen (secondary N) is 2. The van der Waals surface area contributed by atoms with Crippen molar-refractivity contribution in [2.45, 2.75) is 25.3 Å². The van der Waals surface area contributed by atoms with Gasteiger partial charge in [0.25, 0.3) is 0 Å². The summed E-state index contributed by atoms with van der Waals surface area (Å²) in [5.74, 6) is 0.828. The normalized spacial score (nSPS) is 14.8. The molecule has 1 aliphatic carbocycles. The predicted octanol–water partition coefficient (Wildman–Crippen LogP) is 4.90. The predicted molar refractivity (Wildman–Crippen MR) is 114 cm³/mol. The van der Waals surface area contributed by atoms with Crippen LogP contribution in [0.1, 0.15) is 18.5 Å². The third kappa shape index (κ3) is 3.11. The number of H-pyrrole nitrogens is 1. The van der Waals surface area contributed by atoms with Crippen LogP contribution in [0.3, 0.4) is 0 Å². The number of aliphatic hydroxyl groups excluding tert-OH is 1. The molecular formula is C23H22FN3O3.